The fourth-order valence-electron chi connectivity index (χ4n) is 4.55. The molecule has 0 saturated carbocycles. The van der Waals surface area contributed by atoms with E-state index in [2.05, 4.69) is 4.98 Å². The van der Waals surface area contributed by atoms with E-state index in [-0.39, 0.29) is 24.4 Å². The minimum absolute atomic E-state index is 0. The van der Waals surface area contributed by atoms with Gasteiger partial charge in [0.2, 0.25) is 0 Å². The molecule has 0 N–H and O–H groups in total. The Labute approximate surface area is 208 Å². The summed E-state index contributed by atoms with van der Waals surface area (Å²) in [5.41, 5.74) is 4.41. The van der Waals surface area contributed by atoms with Crippen molar-refractivity contribution in [3.05, 3.63) is 75.8 Å². The lowest BCUT2D eigenvalue weighted by Gasteiger charge is -2.35. The first-order chi connectivity index (χ1) is 15.5. The number of likely N-dealkylation sites (tertiary alicyclic amines) is 1. The average Bonchev–Trinajstić information content (AvgIpc) is 3.36. The van der Waals surface area contributed by atoms with Crippen LogP contribution in [0.1, 0.15) is 46.0 Å². The average molecular weight is 501 g/mol. The van der Waals surface area contributed by atoms with Gasteiger partial charge in [-0.05, 0) is 50.3 Å². The molecule has 4 aromatic rings. The number of benzene rings is 1. The second kappa shape index (κ2) is 9.84. The van der Waals surface area contributed by atoms with Gasteiger partial charge >= 0.3 is 0 Å². The lowest BCUT2D eigenvalue weighted by atomic mass is 9.97. The summed E-state index contributed by atoms with van der Waals surface area (Å²) in [6.45, 7) is 4.73. The van der Waals surface area contributed by atoms with E-state index in [4.69, 9.17) is 16.6 Å². The van der Waals surface area contributed by atoms with Crippen LogP contribution in [0.2, 0.25) is 5.15 Å². The zero-order valence-corrected chi connectivity index (χ0v) is 21.0. The molecule has 1 aliphatic rings. The number of hydrogen-bond donors (Lipinski definition) is 0. The van der Waals surface area contributed by atoms with E-state index in [1.807, 2.05) is 71.8 Å². The summed E-state index contributed by atoms with van der Waals surface area (Å²) in [6, 6.07) is 14.1. The molecule has 1 saturated heterocycles. The van der Waals surface area contributed by atoms with Crippen molar-refractivity contribution in [2.24, 2.45) is 0 Å². The second-order valence-electron chi connectivity index (χ2n) is 8.36. The van der Waals surface area contributed by atoms with Crippen molar-refractivity contribution in [3.63, 3.8) is 0 Å². The number of nitrogens with zero attached hydrogens (tertiary/aromatic N) is 4. The fourth-order valence-corrected chi connectivity index (χ4v) is 5.72. The molecule has 0 radical (unpaired) electrons. The number of aryl methyl sites for hydroxylation is 2. The lowest BCUT2D eigenvalue weighted by Crippen LogP contribution is -2.45. The molecule has 5 rings (SSSR count). The molecule has 1 aromatic carbocycles. The number of imidazole rings is 1. The number of carbonyl (C=O) groups is 1. The summed E-state index contributed by atoms with van der Waals surface area (Å²) in [7, 11) is 0. The first-order valence-corrected chi connectivity index (χ1v) is 12.2. The molecular formula is C25H26Cl2N4OS. The van der Waals surface area contributed by atoms with E-state index in [0.717, 1.165) is 58.2 Å². The molecule has 5 nitrogen and oxygen atoms in total. The smallest absolute Gasteiger partial charge is 0.274 e. The first-order valence-electron chi connectivity index (χ1n) is 11.0. The highest BCUT2D eigenvalue weighted by Crippen LogP contribution is 2.33. The van der Waals surface area contributed by atoms with Crippen molar-refractivity contribution in [2.75, 3.05) is 6.54 Å². The Hall–Kier alpha value is -2.41. The van der Waals surface area contributed by atoms with Gasteiger partial charge in [0.05, 0.1) is 15.6 Å². The minimum atomic E-state index is 0. The third-order valence-corrected chi connectivity index (χ3v) is 7.56. The lowest BCUT2D eigenvalue weighted by molar-refractivity contribution is 0.0608. The number of rotatable bonds is 4. The Morgan fingerprint density at radius 3 is 2.67 bits per heavy atom. The van der Waals surface area contributed by atoms with Crippen LogP contribution >= 0.6 is 35.3 Å². The second-order valence-corrected chi connectivity index (χ2v) is 9.92. The summed E-state index contributed by atoms with van der Waals surface area (Å²) in [5, 5.41) is 1.54. The van der Waals surface area contributed by atoms with Crippen molar-refractivity contribution < 1.29 is 4.79 Å². The maximum Gasteiger partial charge on any atom is 0.274 e. The Morgan fingerprint density at radius 1 is 1.12 bits per heavy atom. The summed E-state index contributed by atoms with van der Waals surface area (Å²) in [4.78, 5) is 26.1. The quantitative estimate of drug-likeness (QED) is 0.326. The molecule has 172 valence electrons. The fraction of sp³-hybridized carbons (Fsp3) is 0.320. The van der Waals surface area contributed by atoms with Crippen molar-refractivity contribution in [1.29, 1.82) is 0 Å². The number of halogens is 2. The highest BCUT2D eigenvalue weighted by Gasteiger charge is 2.32. The van der Waals surface area contributed by atoms with Gasteiger partial charge in [-0.3, -0.25) is 9.20 Å². The molecular weight excluding hydrogens is 475 g/mol. The SMILES string of the molecule is Cc1nc(C(=O)N2CCCC[C@H]2Cc2nc3c(C)cccn3c2Cl)c(-c2ccccc2)s1.Cl. The highest BCUT2D eigenvalue weighted by atomic mass is 35.5. The zero-order chi connectivity index (χ0) is 22.2. The van der Waals surface area contributed by atoms with Crippen LogP contribution in [-0.2, 0) is 6.42 Å². The minimum Gasteiger partial charge on any atom is -0.334 e. The molecule has 4 heterocycles. The van der Waals surface area contributed by atoms with Crippen LogP contribution in [0.3, 0.4) is 0 Å². The van der Waals surface area contributed by atoms with Crippen molar-refractivity contribution in [2.45, 2.75) is 45.6 Å². The number of hydrogen-bond acceptors (Lipinski definition) is 4. The third kappa shape index (κ3) is 4.52. The van der Waals surface area contributed by atoms with Gasteiger partial charge in [0, 0.05) is 25.2 Å². The number of piperidine rings is 1. The number of carbonyl (C=O) groups excluding carboxylic acids is 1. The molecule has 1 aliphatic heterocycles. The van der Waals surface area contributed by atoms with E-state index in [1.165, 1.54) is 0 Å². The number of thiazole rings is 1. The normalized spacial score (nSPS) is 16.1. The summed E-state index contributed by atoms with van der Waals surface area (Å²) in [6.07, 6.45) is 5.63. The maximum atomic E-state index is 13.7. The molecule has 8 heteroatoms. The van der Waals surface area contributed by atoms with Crippen molar-refractivity contribution in [3.8, 4) is 10.4 Å². The van der Waals surface area contributed by atoms with E-state index in [0.29, 0.717) is 17.3 Å². The van der Waals surface area contributed by atoms with Crippen LogP contribution in [0, 0.1) is 13.8 Å². The van der Waals surface area contributed by atoms with Crippen molar-refractivity contribution in [1.82, 2.24) is 19.3 Å². The number of aromatic nitrogens is 3. The number of pyridine rings is 1. The van der Waals surface area contributed by atoms with Crippen molar-refractivity contribution >= 4 is 46.9 Å². The van der Waals surface area contributed by atoms with Crippen LogP contribution in [0.25, 0.3) is 16.1 Å². The number of fused-ring (bicyclic) bond motifs is 1. The molecule has 3 aromatic heterocycles. The van der Waals surface area contributed by atoms with Crippen LogP contribution in [0.15, 0.2) is 48.7 Å². The van der Waals surface area contributed by atoms with Gasteiger partial charge in [-0.1, -0.05) is 48.0 Å². The monoisotopic (exact) mass is 500 g/mol. The van der Waals surface area contributed by atoms with Crippen LogP contribution in [0.5, 0.6) is 0 Å². The Balaban J connectivity index is 0.00000259. The predicted molar refractivity (Wildman–Crippen MR) is 137 cm³/mol. The van der Waals surface area contributed by atoms with E-state index >= 15 is 0 Å². The Kier molecular flexibility index (Phi) is 7.07. The Bertz CT molecular complexity index is 1280. The van der Waals surface area contributed by atoms with Crippen LogP contribution in [-0.4, -0.2) is 37.8 Å². The van der Waals surface area contributed by atoms with Gasteiger partial charge in [-0.15, -0.1) is 23.7 Å². The van der Waals surface area contributed by atoms with E-state index in [1.54, 1.807) is 11.3 Å². The zero-order valence-electron chi connectivity index (χ0n) is 18.6. The molecule has 1 amide bonds. The molecule has 1 atom stereocenters. The van der Waals surface area contributed by atoms with Gasteiger partial charge in [0.1, 0.15) is 16.5 Å². The molecule has 1 fully saturated rings. The maximum absolute atomic E-state index is 13.7. The molecule has 0 aliphatic carbocycles. The van der Waals surface area contributed by atoms with Gasteiger partial charge in [0.25, 0.3) is 5.91 Å². The largest absolute Gasteiger partial charge is 0.334 e. The standard InChI is InChI=1S/C25H25ClN4OS.ClH/c1-16-9-8-14-30-23(26)20(28-24(16)30)15-19-12-6-7-13-29(19)25(31)21-22(32-17(2)27-21)18-10-4-3-5-11-18;/h3-5,8-11,14,19H,6-7,12-13,15H2,1-2H3;1H/t19-;/m0./s1. The molecule has 0 spiro atoms. The van der Waals surface area contributed by atoms with E-state index < -0.39 is 0 Å². The topological polar surface area (TPSA) is 50.5 Å². The number of amides is 1. The predicted octanol–water partition coefficient (Wildman–Crippen LogP) is 6.39. The Morgan fingerprint density at radius 2 is 1.91 bits per heavy atom. The van der Waals surface area contributed by atoms with Crippen LogP contribution < -0.4 is 0 Å². The molecule has 33 heavy (non-hydrogen) atoms. The summed E-state index contributed by atoms with van der Waals surface area (Å²) >= 11 is 8.26. The molecule has 0 unspecified atom stereocenters. The summed E-state index contributed by atoms with van der Waals surface area (Å²) in [5.74, 6) is 0.00831. The van der Waals surface area contributed by atoms with Gasteiger partial charge in [0.15, 0.2) is 0 Å². The third-order valence-electron chi connectivity index (χ3n) is 6.14. The van der Waals surface area contributed by atoms with Crippen LogP contribution in [0.4, 0.5) is 0 Å². The van der Waals surface area contributed by atoms with Gasteiger partial charge in [-0.25, -0.2) is 9.97 Å². The summed E-state index contributed by atoms with van der Waals surface area (Å²) < 4.78 is 1.93. The highest BCUT2D eigenvalue weighted by molar-refractivity contribution is 7.15. The first kappa shape index (κ1) is 23.7. The van der Waals surface area contributed by atoms with E-state index in [9.17, 15) is 4.79 Å². The molecule has 0 bridgehead atoms. The van der Waals surface area contributed by atoms with Gasteiger partial charge < -0.3 is 4.90 Å². The van der Waals surface area contributed by atoms with Gasteiger partial charge in [-0.2, -0.15) is 0 Å².